The number of carbonyl (C=O) groups is 1. The van der Waals surface area contributed by atoms with Crippen LogP contribution in [0.2, 0.25) is 0 Å². The van der Waals surface area contributed by atoms with Crippen LogP contribution in [0.5, 0.6) is 0 Å². The molecule has 1 fully saturated rings. The molecule has 1 aliphatic heterocycles. The highest BCUT2D eigenvalue weighted by molar-refractivity contribution is 5.94. The molecule has 1 heterocycles. The molecule has 0 atom stereocenters. The van der Waals surface area contributed by atoms with E-state index in [1.54, 1.807) is 0 Å². The summed E-state index contributed by atoms with van der Waals surface area (Å²) in [5, 5.41) is 2.98. The molecule has 1 aliphatic rings. The molecule has 3 N–H and O–H groups in total. The van der Waals surface area contributed by atoms with E-state index in [1.807, 2.05) is 24.3 Å². The number of hydrogen-bond donors (Lipinski definition) is 2. The van der Waals surface area contributed by atoms with Gasteiger partial charge in [-0.3, -0.25) is 4.79 Å². The third kappa shape index (κ3) is 4.33. The molecule has 2 rings (SSSR count). The molecule has 0 spiro atoms. The van der Waals surface area contributed by atoms with Gasteiger partial charge in [0.15, 0.2) is 0 Å². The van der Waals surface area contributed by atoms with Gasteiger partial charge in [0.2, 0.25) is 0 Å². The van der Waals surface area contributed by atoms with Crippen LogP contribution in [0.1, 0.15) is 28.8 Å². The molecule has 0 aliphatic carbocycles. The summed E-state index contributed by atoms with van der Waals surface area (Å²) in [6, 6.07) is 7.71. The summed E-state index contributed by atoms with van der Waals surface area (Å²) in [6.07, 6.45) is 3.39. The number of benzene rings is 1. The molecule has 4 heteroatoms. The van der Waals surface area contributed by atoms with Crippen molar-refractivity contribution in [2.45, 2.75) is 19.3 Å². The topological polar surface area (TPSA) is 58.4 Å². The van der Waals surface area contributed by atoms with E-state index in [-0.39, 0.29) is 5.91 Å². The molecule has 1 aromatic rings. The lowest BCUT2D eigenvalue weighted by atomic mass is 10.1. The molecule has 0 saturated carbocycles. The third-order valence-corrected chi connectivity index (χ3v) is 3.53. The van der Waals surface area contributed by atoms with Crippen molar-refractivity contribution >= 4 is 5.91 Å². The Morgan fingerprint density at radius 2 is 2.11 bits per heavy atom. The van der Waals surface area contributed by atoms with E-state index in [2.05, 4.69) is 10.2 Å². The van der Waals surface area contributed by atoms with E-state index < -0.39 is 0 Å². The molecule has 0 radical (unpaired) electrons. The molecule has 0 unspecified atom stereocenters. The second-order valence-electron chi connectivity index (χ2n) is 5.04. The SMILES string of the molecule is NCCc1cccc(C(=O)NCCN2CCCC2)c1. The van der Waals surface area contributed by atoms with E-state index in [0.717, 1.165) is 30.6 Å². The zero-order valence-corrected chi connectivity index (χ0v) is 11.4. The lowest BCUT2D eigenvalue weighted by molar-refractivity contribution is 0.0949. The van der Waals surface area contributed by atoms with Gasteiger partial charge in [-0.25, -0.2) is 0 Å². The van der Waals surface area contributed by atoms with Crippen molar-refractivity contribution in [2.75, 3.05) is 32.7 Å². The van der Waals surface area contributed by atoms with Crippen molar-refractivity contribution in [3.05, 3.63) is 35.4 Å². The van der Waals surface area contributed by atoms with Gasteiger partial charge in [0, 0.05) is 18.7 Å². The number of nitrogens with one attached hydrogen (secondary N) is 1. The van der Waals surface area contributed by atoms with Crippen LogP contribution in [-0.4, -0.2) is 43.5 Å². The summed E-state index contributed by atoms with van der Waals surface area (Å²) in [4.78, 5) is 14.4. The number of amides is 1. The first-order chi connectivity index (χ1) is 9.29. The Balaban J connectivity index is 1.79. The highest BCUT2D eigenvalue weighted by Crippen LogP contribution is 2.07. The first-order valence-electron chi connectivity index (χ1n) is 7.09. The molecule has 4 nitrogen and oxygen atoms in total. The number of likely N-dealkylation sites (tertiary alicyclic amines) is 1. The van der Waals surface area contributed by atoms with Gasteiger partial charge in [-0.05, 0) is 56.6 Å². The second-order valence-corrected chi connectivity index (χ2v) is 5.04. The summed E-state index contributed by atoms with van der Waals surface area (Å²) < 4.78 is 0. The van der Waals surface area contributed by atoms with Gasteiger partial charge < -0.3 is 16.0 Å². The summed E-state index contributed by atoms with van der Waals surface area (Å²) in [6.45, 7) is 4.62. The second kappa shape index (κ2) is 7.26. The Hall–Kier alpha value is -1.39. The maximum absolute atomic E-state index is 12.0. The van der Waals surface area contributed by atoms with E-state index in [9.17, 15) is 4.79 Å². The molecular formula is C15H23N3O. The van der Waals surface area contributed by atoms with Crippen molar-refractivity contribution in [3.63, 3.8) is 0 Å². The first-order valence-corrected chi connectivity index (χ1v) is 7.09. The Kier molecular flexibility index (Phi) is 5.36. The fourth-order valence-electron chi connectivity index (χ4n) is 2.47. The van der Waals surface area contributed by atoms with Gasteiger partial charge in [0.25, 0.3) is 5.91 Å². The van der Waals surface area contributed by atoms with E-state index in [0.29, 0.717) is 6.54 Å². The van der Waals surface area contributed by atoms with Gasteiger partial charge >= 0.3 is 0 Å². The third-order valence-electron chi connectivity index (χ3n) is 3.53. The average Bonchev–Trinajstić information content (AvgIpc) is 2.92. The molecule has 19 heavy (non-hydrogen) atoms. The maximum Gasteiger partial charge on any atom is 0.251 e. The van der Waals surface area contributed by atoms with Crippen molar-refractivity contribution in [1.29, 1.82) is 0 Å². The van der Waals surface area contributed by atoms with Crippen LogP contribution >= 0.6 is 0 Å². The molecule has 0 bridgehead atoms. The van der Waals surface area contributed by atoms with Crippen molar-refractivity contribution < 1.29 is 4.79 Å². The summed E-state index contributed by atoms with van der Waals surface area (Å²) in [7, 11) is 0. The van der Waals surface area contributed by atoms with E-state index >= 15 is 0 Å². The fraction of sp³-hybridized carbons (Fsp3) is 0.533. The fourth-order valence-corrected chi connectivity index (χ4v) is 2.47. The van der Waals surface area contributed by atoms with Crippen LogP contribution in [-0.2, 0) is 6.42 Å². The predicted octanol–water partition coefficient (Wildman–Crippen LogP) is 1.01. The number of hydrogen-bond acceptors (Lipinski definition) is 3. The maximum atomic E-state index is 12.0. The van der Waals surface area contributed by atoms with Crippen LogP contribution in [0.15, 0.2) is 24.3 Å². The Morgan fingerprint density at radius 1 is 1.32 bits per heavy atom. The number of carbonyl (C=O) groups excluding carboxylic acids is 1. The van der Waals surface area contributed by atoms with Gasteiger partial charge in [-0.2, -0.15) is 0 Å². The normalized spacial score (nSPS) is 15.6. The molecule has 1 amide bonds. The minimum Gasteiger partial charge on any atom is -0.351 e. The Labute approximate surface area is 115 Å². The minimum absolute atomic E-state index is 0.0121. The van der Waals surface area contributed by atoms with Crippen LogP contribution in [0.25, 0.3) is 0 Å². The average molecular weight is 261 g/mol. The monoisotopic (exact) mass is 261 g/mol. The van der Waals surface area contributed by atoms with Crippen LogP contribution < -0.4 is 11.1 Å². The summed E-state index contributed by atoms with van der Waals surface area (Å²) >= 11 is 0. The summed E-state index contributed by atoms with van der Waals surface area (Å²) in [5.41, 5.74) is 7.38. The number of nitrogens with zero attached hydrogens (tertiary/aromatic N) is 1. The highest BCUT2D eigenvalue weighted by Gasteiger charge is 2.11. The van der Waals surface area contributed by atoms with Gasteiger partial charge in [-0.15, -0.1) is 0 Å². The van der Waals surface area contributed by atoms with Gasteiger partial charge in [-0.1, -0.05) is 12.1 Å². The van der Waals surface area contributed by atoms with E-state index in [1.165, 1.54) is 25.9 Å². The largest absolute Gasteiger partial charge is 0.351 e. The number of nitrogens with two attached hydrogens (primary N) is 1. The lowest BCUT2D eigenvalue weighted by Gasteiger charge is -2.14. The van der Waals surface area contributed by atoms with Gasteiger partial charge in [0.05, 0.1) is 0 Å². The standard InChI is InChI=1S/C15H23N3O/c16-7-6-13-4-3-5-14(12-13)15(19)17-8-11-18-9-1-2-10-18/h3-5,12H,1-2,6-11,16H2,(H,17,19). The molecule has 104 valence electrons. The Bertz CT molecular complexity index is 414. The number of rotatable bonds is 6. The molecule has 0 aromatic heterocycles. The van der Waals surface area contributed by atoms with Gasteiger partial charge in [0.1, 0.15) is 0 Å². The zero-order chi connectivity index (χ0) is 13.5. The quantitative estimate of drug-likeness (QED) is 0.803. The van der Waals surface area contributed by atoms with Crippen molar-refractivity contribution in [1.82, 2.24) is 10.2 Å². The lowest BCUT2D eigenvalue weighted by Crippen LogP contribution is -2.33. The summed E-state index contributed by atoms with van der Waals surface area (Å²) in [5.74, 6) is 0.0121. The van der Waals surface area contributed by atoms with Crippen molar-refractivity contribution in [3.8, 4) is 0 Å². The van der Waals surface area contributed by atoms with Crippen LogP contribution in [0.4, 0.5) is 0 Å². The zero-order valence-electron chi connectivity index (χ0n) is 11.4. The van der Waals surface area contributed by atoms with Crippen LogP contribution in [0, 0.1) is 0 Å². The highest BCUT2D eigenvalue weighted by atomic mass is 16.1. The molecule has 1 saturated heterocycles. The van der Waals surface area contributed by atoms with Crippen LogP contribution in [0.3, 0.4) is 0 Å². The van der Waals surface area contributed by atoms with E-state index in [4.69, 9.17) is 5.73 Å². The smallest absolute Gasteiger partial charge is 0.251 e. The predicted molar refractivity (Wildman–Crippen MR) is 77.2 cm³/mol. The molecular weight excluding hydrogens is 238 g/mol. The Morgan fingerprint density at radius 3 is 2.84 bits per heavy atom. The first kappa shape index (κ1) is 14.0. The minimum atomic E-state index is 0.0121. The van der Waals surface area contributed by atoms with Crippen molar-refractivity contribution in [2.24, 2.45) is 5.73 Å². The molecule has 1 aromatic carbocycles.